The molecule has 2 rings (SSSR count). The number of halogens is 1. The van der Waals surface area contributed by atoms with E-state index in [1.54, 1.807) is 7.11 Å². The van der Waals surface area contributed by atoms with Crippen molar-refractivity contribution in [3.05, 3.63) is 63.1 Å². The van der Waals surface area contributed by atoms with Crippen molar-refractivity contribution in [2.45, 2.75) is 32.7 Å². The zero-order valence-electron chi connectivity index (χ0n) is 12.8. The molecular weight excluding hydrogens is 326 g/mol. The molecule has 2 aromatic carbocycles. The standard InChI is InChI=1S/C18H22BrNO/c1-12-6-13(2)8-14(7-12)9-16(20)10-15-11-17(21-3)4-5-18(15)19/h4-8,11,16H,9-10,20H2,1-3H3. The van der Waals surface area contributed by atoms with Crippen LogP contribution in [0.1, 0.15) is 22.3 Å². The normalized spacial score (nSPS) is 12.2. The van der Waals surface area contributed by atoms with Crippen LogP contribution in [0.2, 0.25) is 0 Å². The third-order valence-corrected chi connectivity index (χ3v) is 4.29. The van der Waals surface area contributed by atoms with E-state index >= 15 is 0 Å². The summed E-state index contributed by atoms with van der Waals surface area (Å²) < 4.78 is 6.36. The molecule has 0 bridgehead atoms. The van der Waals surface area contributed by atoms with Crippen LogP contribution >= 0.6 is 15.9 Å². The summed E-state index contributed by atoms with van der Waals surface area (Å²) in [6.45, 7) is 4.25. The van der Waals surface area contributed by atoms with Crippen LogP contribution in [0, 0.1) is 13.8 Å². The molecule has 3 heteroatoms. The highest BCUT2D eigenvalue weighted by Crippen LogP contribution is 2.24. The second kappa shape index (κ2) is 7.10. The monoisotopic (exact) mass is 347 g/mol. The van der Waals surface area contributed by atoms with Gasteiger partial charge in [-0.25, -0.2) is 0 Å². The second-order valence-corrected chi connectivity index (χ2v) is 6.48. The Hall–Kier alpha value is -1.32. The van der Waals surface area contributed by atoms with E-state index in [0.717, 1.165) is 23.1 Å². The van der Waals surface area contributed by atoms with Crippen molar-refractivity contribution < 1.29 is 4.74 Å². The lowest BCUT2D eigenvalue weighted by atomic mass is 9.97. The third-order valence-electron chi connectivity index (χ3n) is 3.51. The molecule has 0 heterocycles. The second-order valence-electron chi connectivity index (χ2n) is 5.62. The maximum absolute atomic E-state index is 6.34. The number of methoxy groups -OCH3 is 1. The highest BCUT2D eigenvalue weighted by molar-refractivity contribution is 9.10. The number of nitrogens with two attached hydrogens (primary N) is 1. The number of benzene rings is 2. The summed E-state index contributed by atoms with van der Waals surface area (Å²) in [5, 5.41) is 0. The van der Waals surface area contributed by atoms with Crippen LogP contribution < -0.4 is 10.5 Å². The summed E-state index contributed by atoms with van der Waals surface area (Å²) in [6, 6.07) is 12.7. The lowest BCUT2D eigenvalue weighted by molar-refractivity contribution is 0.414. The molecule has 1 atom stereocenters. The molecule has 0 spiro atoms. The molecule has 0 aliphatic carbocycles. The Balaban J connectivity index is 2.09. The summed E-state index contributed by atoms with van der Waals surface area (Å²) in [5.41, 5.74) is 11.4. The van der Waals surface area contributed by atoms with Gasteiger partial charge in [-0.2, -0.15) is 0 Å². The minimum absolute atomic E-state index is 0.0922. The van der Waals surface area contributed by atoms with Gasteiger partial charge in [0.05, 0.1) is 7.11 Å². The average molecular weight is 348 g/mol. The first-order valence-corrected chi connectivity index (χ1v) is 7.92. The minimum atomic E-state index is 0.0922. The van der Waals surface area contributed by atoms with Gasteiger partial charge in [-0.15, -0.1) is 0 Å². The third kappa shape index (κ3) is 4.58. The minimum Gasteiger partial charge on any atom is -0.497 e. The van der Waals surface area contributed by atoms with Crippen LogP contribution in [0.3, 0.4) is 0 Å². The van der Waals surface area contributed by atoms with Gasteiger partial charge in [0.1, 0.15) is 5.75 Å². The first-order chi connectivity index (χ1) is 9.97. The molecule has 0 fully saturated rings. The average Bonchev–Trinajstić information content (AvgIpc) is 2.40. The lowest BCUT2D eigenvalue weighted by Gasteiger charge is -2.15. The molecular formula is C18H22BrNO. The smallest absolute Gasteiger partial charge is 0.119 e. The van der Waals surface area contributed by atoms with Crippen molar-refractivity contribution in [3.63, 3.8) is 0 Å². The SMILES string of the molecule is COc1ccc(Br)c(CC(N)Cc2cc(C)cc(C)c2)c1. The molecule has 0 aliphatic rings. The van der Waals surface area contributed by atoms with E-state index in [9.17, 15) is 0 Å². The van der Waals surface area contributed by atoms with Gasteiger partial charge in [-0.3, -0.25) is 0 Å². The zero-order chi connectivity index (χ0) is 15.4. The molecule has 0 saturated heterocycles. The largest absolute Gasteiger partial charge is 0.497 e. The van der Waals surface area contributed by atoms with Gasteiger partial charge in [0.15, 0.2) is 0 Å². The van der Waals surface area contributed by atoms with Crippen LogP contribution in [-0.4, -0.2) is 13.2 Å². The number of rotatable bonds is 5. The van der Waals surface area contributed by atoms with Gasteiger partial charge < -0.3 is 10.5 Å². The highest BCUT2D eigenvalue weighted by atomic mass is 79.9. The fourth-order valence-electron chi connectivity index (χ4n) is 2.68. The Kier molecular flexibility index (Phi) is 5.43. The molecule has 2 N–H and O–H groups in total. The van der Waals surface area contributed by atoms with Crippen LogP contribution in [0.15, 0.2) is 40.9 Å². The van der Waals surface area contributed by atoms with E-state index in [0.29, 0.717) is 0 Å². The maximum atomic E-state index is 6.34. The van der Waals surface area contributed by atoms with Crippen molar-refractivity contribution >= 4 is 15.9 Å². The fourth-order valence-corrected chi connectivity index (χ4v) is 3.09. The Morgan fingerprint density at radius 2 is 1.71 bits per heavy atom. The Morgan fingerprint density at radius 3 is 2.33 bits per heavy atom. The van der Waals surface area contributed by atoms with E-state index in [4.69, 9.17) is 10.5 Å². The molecule has 0 amide bonds. The van der Waals surface area contributed by atoms with Crippen molar-refractivity contribution in [2.75, 3.05) is 7.11 Å². The number of hydrogen-bond acceptors (Lipinski definition) is 2. The van der Waals surface area contributed by atoms with Crippen molar-refractivity contribution in [2.24, 2.45) is 5.73 Å². The summed E-state index contributed by atoms with van der Waals surface area (Å²) >= 11 is 3.59. The topological polar surface area (TPSA) is 35.2 Å². The molecule has 0 saturated carbocycles. The molecule has 2 aromatic rings. The summed E-state index contributed by atoms with van der Waals surface area (Å²) in [4.78, 5) is 0. The van der Waals surface area contributed by atoms with Crippen molar-refractivity contribution in [1.82, 2.24) is 0 Å². The van der Waals surface area contributed by atoms with Gasteiger partial charge >= 0.3 is 0 Å². The van der Waals surface area contributed by atoms with E-state index in [-0.39, 0.29) is 6.04 Å². The van der Waals surface area contributed by atoms with E-state index in [1.807, 2.05) is 18.2 Å². The molecule has 0 aromatic heterocycles. The summed E-state index contributed by atoms with van der Waals surface area (Å²) in [5.74, 6) is 0.867. The van der Waals surface area contributed by atoms with E-state index < -0.39 is 0 Å². The maximum Gasteiger partial charge on any atom is 0.119 e. The van der Waals surface area contributed by atoms with Gasteiger partial charge in [-0.05, 0) is 56.0 Å². The first kappa shape index (κ1) is 16.1. The first-order valence-electron chi connectivity index (χ1n) is 7.13. The number of hydrogen-bond donors (Lipinski definition) is 1. The Labute approximate surface area is 135 Å². The molecule has 1 unspecified atom stereocenters. The summed E-state index contributed by atoms with van der Waals surface area (Å²) in [6.07, 6.45) is 1.71. The van der Waals surface area contributed by atoms with Gasteiger partial charge in [0.2, 0.25) is 0 Å². The zero-order valence-corrected chi connectivity index (χ0v) is 14.4. The van der Waals surface area contributed by atoms with Gasteiger partial charge in [0, 0.05) is 10.5 Å². The van der Waals surface area contributed by atoms with Crippen molar-refractivity contribution in [1.29, 1.82) is 0 Å². The molecule has 2 nitrogen and oxygen atoms in total. The Bertz CT molecular complexity index is 604. The fraction of sp³-hybridized carbons (Fsp3) is 0.333. The number of aryl methyl sites for hydroxylation is 2. The predicted octanol–water partition coefficient (Wildman–Crippen LogP) is 4.19. The number of ether oxygens (including phenoxy) is 1. The molecule has 21 heavy (non-hydrogen) atoms. The van der Waals surface area contributed by atoms with Crippen LogP contribution in [0.25, 0.3) is 0 Å². The highest BCUT2D eigenvalue weighted by Gasteiger charge is 2.10. The molecule has 112 valence electrons. The summed E-state index contributed by atoms with van der Waals surface area (Å²) in [7, 11) is 1.68. The predicted molar refractivity (Wildman–Crippen MR) is 92.0 cm³/mol. The lowest BCUT2D eigenvalue weighted by Crippen LogP contribution is -2.25. The quantitative estimate of drug-likeness (QED) is 0.880. The van der Waals surface area contributed by atoms with Crippen LogP contribution in [-0.2, 0) is 12.8 Å². The molecule has 0 radical (unpaired) electrons. The van der Waals surface area contributed by atoms with Crippen LogP contribution in [0.5, 0.6) is 5.75 Å². The van der Waals surface area contributed by atoms with Crippen LogP contribution in [0.4, 0.5) is 0 Å². The van der Waals surface area contributed by atoms with E-state index in [1.165, 1.54) is 22.3 Å². The Morgan fingerprint density at radius 1 is 1.05 bits per heavy atom. The van der Waals surface area contributed by atoms with Gasteiger partial charge in [-0.1, -0.05) is 45.3 Å². The van der Waals surface area contributed by atoms with Gasteiger partial charge in [0.25, 0.3) is 0 Å². The van der Waals surface area contributed by atoms with E-state index in [2.05, 4.69) is 48.0 Å². The van der Waals surface area contributed by atoms with Crippen molar-refractivity contribution in [3.8, 4) is 5.75 Å². The molecule has 0 aliphatic heterocycles.